The minimum atomic E-state index is 0.734. The topological polar surface area (TPSA) is 48.1 Å². The number of nitrogens with two attached hydrogens (primary N) is 1. The van der Waals surface area contributed by atoms with Crippen molar-refractivity contribution in [2.24, 2.45) is 0 Å². The van der Waals surface area contributed by atoms with Gasteiger partial charge in [0, 0.05) is 23.0 Å². The van der Waals surface area contributed by atoms with Gasteiger partial charge in [0.05, 0.1) is 13.3 Å². The highest BCUT2D eigenvalue weighted by atomic mass is 16.5. The van der Waals surface area contributed by atoms with Gasteiger partial charge in [0.2, 0.25) is 0 Å². The molecule has 0 bridgehead atoms. The third-order valence-corrected chi connectivity index (χ3v) is 2.47. The molecule has 1 aromatic heterocycles. The van der Waals surface area contributed by atoms with Gasteiger partial charge in [0.25, 0.3) is 0 Å². The molecule has 0 aliphatic carbocycles. The minimum Gasteiger partial charge on any atom is -0.495 e. The molecule has 0 unspecified atom stereocenters. The summed E-state index contributed by atoms with van der Waals surface area (Å²) < 4.78 is 5.14. The van der Waals surface area contributed by atoms with Crippen molar-refractivity contribution in [2.45, 2.75) is 6.92 Å². The summed E-state index contributed by atoms with van der Waals surface area (Å²) in [5, 5.41) is 0. The molecule has 0 radical (unpaired) electrons. The molecule has 3 nitrogen and oxygen atoms in total. The lowest BCUT2D eigenvalue weighted by atomic mass is 10.0. The van der Waals surface area contributed by atoms with Gasteiger partial charge in [0.15, 0.2) is 0 Å². The molecule has 3 heteroatoms. The first-order chi connectivity index (χ1) is 7.70. The molecule has 0 aliphatic rings. The van der Waals surface area contributed by atoms with Crippen LogP contribution in [0.5, 0.6) is 5.75 Å². The number of hydrogen-bond acceptors (Lipinski definition) is 3. The van der Waals surface area contributed by atoms with Crippen LogP contribution < -0.4 is 10.5 Å². The zero-order chi connectivity index (χ0) is 11.5. The molecular formula is C13H14N2O. The van der Waals surface area contributed by atoms with E-state index in [0.29, 0.717) is 0 Å². The molecule has 1 heterocycles. The van der Waals surface area contributed by atoms with E-state index in [4.69, 9.17) is 10.5 Å². The maximum atomic E-state index is 5.98. The summed E-state index contributed by atoms with van der Waals surface area (Å²) in [5.41, 5.74) is 9.84. The number of hydrogen-bond donors (Lipinski definition) is 1. The van der Waals surface area contributed by atoms with Crippen LogP contribution in [0.4, 0.5) is 5.69 Å². The number of ether oxygens (including phenoxy) is 1. The summed E-state index contributed by atoms with van der Waals surface area (Å²) >= 11 is 0. The van der Waals surface area contributed by atoms with Crippen LogP contribution in [0.15, 0.2) is 36.7 Å². The predicted octanol–water partition coefficient (Wildman–Crippen LogP) is 2.65. The van der Waals surface area contributed by atoms with E-state index in [2.05, 4.69) is 4.98 Å². The first kappa shape index (κ1) is 10.5. The standard InChI is InChI=1S/C13H14N2O/c1-9-3-4-12(13(14)5-9)10-6-11(16-2)8-15-7-10/h3-8H,14H2,1-2H3. The SMILES string of the molecule is COc1cncc(-c2ccc(C)cc2N)c1. The summed E-state index contributed by atoms with van der Waals surface area (Å²) in [6.45, 7) is 2.02. The zero-order valence-electron chi connectivity index (χ0n) is 9.40. The van der Waals surface area contributed by atoms with Crippen molar-refractivity contribution < 1.29 is 4.74 Å². The highest BCUT2D eigenvalue weighted by molar-refractivity contribution is 5.76. The third kappa shape index (κ3) is 1.98. The Morgan fingerprint density at radius 3 is 2.69 bits per heavy atom. The molecule has 0 saturated carbocycles. The Balaban J connectivity index is 2.49. The third-order valence-electron chi connectivity index (χ3n) is 2.47. The number of methoxy groups -OCH3 is 1. The zero-order valence-corrected chi connectivity index (χ0v) is 9.40. The van der Waals surface area contributed by atoms with Crippen LogP contribution in [-0.2, 0) is 0 Å². The van der Waals surface area contributed by atoms with Gasteiger partial charge in [-0.1, -0.05) is 12.1 Å². The summed E-state index contributed by atoms with van der Waals surface area (Å²) in [4.78, 5) is 4.11. The number of pyridine rings is 1. The predicted molar refractivity (Wildman–Crippen MR) is 65.4 cm³/mol. The summed E-state index contributed by atoms with van der Waals surface area (Å²) in [6.07, 6.45) is 3.46. The molecule has 0 atom stereocenters. The molecule has 0 fully saturated rings. The Kier molecular flexibility index (Phi) is 2.77. The highest BCUT2D eigenvalue weighted by Gasteiger charge is 2.04. The lowest BCUT2D eigenvalue weighted by molar-refractivity contribution is 0.413. The molecule has 2 N–H and O–H groups in total. The smallest absolute Gasteiger partial charge is 0.137 e. The van der Waals surface area contributed by atoms with Gasteiger partial charge < -0.3 is 10.5 Å². The lowest BCUT2D eigenvalue weighted by Gasteiger charge is -2.07. The number of nitrogens with zero attached hydrogens (tertiary/aromatic N) is 1. The Bertz CT molecular complexity index is 509. The average Bonchev–Trinajstić information content (AvgIpc) is 2.29. The second-order valence-corrected chi connectivity index (χ2v) is 3.70. The number of aryl methyl sites for hydroxylation is 1. The van der Waals surface area contributed by atoms with Crippen molar-refractivity contribution in [3.05, 3.63) is 42.2 Å². The van der Waals surface area contributed by atoms with Crippen LogP contribution in [-0.4, -0.2) is 12.1 Å². The monoisotopic (exact) mass is 214 g/mol. The van der Waals surface area contributed by atoms with Crippen molar-refractivity contribution >= 4 is 5.69 Å². The molecule has 2 rings (SSSR count). The van der Waals surface area contributed by atoms with E-state index in [0.717, 1.165) is 28.1 Å². The molecule has 82 valence electrons. The fourth-order valence-electron chi connectivity index (χ4n) is 1.62. The molecule has 16 heavy (non-hydrogen) atoms. The molecule has 0 spiro atoms. The molecule has 2 aromatic rings. The van der Waals surface area contributed by atoms with Crippen LogP contribution in [0.1, 0.15) is 5.56 Å². The van der Waals surface area contributed by atoms with Gasteiger partial charge in [-0.15, -0.1) is 0 Å². The van der Waals surface area contributed by atoms with E-state index in [1.165, 1.54) is 0 Å². The number of rotatable bonds is 2. The lowest BCUT2D eigenvalue weighted by Crippen LogP contribution is -1.92. The molecule has 0 saturated heterocycles. The van der Waals surface area contributed by atoms with Crippen molar-refractivity contribution in [3.63, 3.8) is 0 Å². The van der Waals surface area contributed by atoms with Gasteiger partial charge in [-0.2, -0.15) is 0 Å². The van der Waals surface area contributed by atoms with Crippen LogP contribution in [0.25, 0.3) is 11.1 Å². The first-order valence-corrected chi connectivity index (χ1v) is 5.06. The Morgan fingerprint density at radius 2 is 2.00 bits per heavy atom. The summed E-state index contributed by atoms with van der Waals surface area (Å²) in [7, 11) is 1.62. The summed E-state index contributed by atoms with van der Waals surface area (Å²) in [5.74, 6) is 0.734. The van der Waals surface area contributed by atoms with E-state index in [9.17, 15) is 0 Å². The Labute approximate surface area is 94.9 Å². The van der Waals surface area contributed by atoms with Gasteiger partial charge in [0.1, 0.15) is 5.75 Å². The Morgan fingerprint density at radius 1 is 1.19 bits per heavy atom. The molecule has 0 aliphatic heterocycles. The van der Waals surface area contributed by atoms with Gasteiger partial charge >= 0.3 is 0 Å². The van der Waals surface area contributed by atoms with E-state index in [1.54, 1.807) is 19.5 Å². The van der Waals surface area contributed by atoms with Crippen LogP contribution in [0, 0.1) is 6.92 Å². The molecular weight excluding hydrogens is 200 g/mol. The van der Waals surface area contributed by atoms with E-state index in [1.807, 2.05) is 31.2 Å². The number of anilines is 1. The average molecular weight is 214 g/mol. The first-order valence-electron chi connectivity index (χ1n) is 5.06. The van der Waals surface area contributed by atoms with E-state index < -0.39 is 0 Å². The highest BCUT2D eigenvalue weighted by Crippen LogP contribution is 2.28. The van der Waals surface area contributed by atoms with Gasteiger partial charge in [-0.05, 0) is 24.6 Å². The van der Waals surface area contributed by atoms with Crippen LogP contribution in [0.2, 0.25) is 0 Å². The fraction of sp³-hybridized carbons (Fsp3) is 0.154. The summed E-state index contributed by atoms with van der Waals surface area (Å²) in [6, 6.07) is 7.91. The quantitative estimate of drug-likeness (QED) is 0.782. The van der Waals surface area contributed by atoms with Crippen LogP contribution in [0.3, 0.4) is 0 Å². The second-order valence-electron chi connectivity index (χ2n) is 3.70. The second kappa shape index (κ2) is 4.23. The number of nitrogen functional groups attached to an aromatic ring is 1. The molecule has 1 aromatic carbocycles. The fourth-order valence-corrected chi connectivity index (χ4v) is 1.62. The van der Waals surface area contributed by atoms with Crippen molar-refractivity contribution in [2.75, 3.05) is 12.8 Å². The maximum absolute atomic E-state index is 5.98. The number of aromatic nitrogens is 1. The normalized spacial score (nSPS) is 10.1. The maximum Gasteiger partial charge on any atom is 0.137 e. The van der Waals surface area contributed by atoms with Gasteiger partial charge in [-0.3, -0.25) is 4.98 Å². The van der Waals surface area contributed by atoms with E-state index >= 15 is 0 Å². The van der Waals surface area contributed by atoms with E-state index in [-0.39, 0.29) is 0 Å². The van der Waals surface area contributed by atoms with Crippen molar-refractivity contribution in [1.29, 1.82) is 0 Å². The Hall–Kier alpha value is -2.03. The minimum absolute atomic E-state index is 0.734. The number of benzene rings is 1. The van der Waals surface area contributed by atoms with Crippen LogP contribution >= 0.6 is 0 Å². The van der Waals surface area contributed by atoms with Crippen molar-refractivity contribution in [3.8, 4) is 16.9 Å². The van der Waals surface area contributed by atoms with Gasteiger partial charge in [-0.25, -0.2) is 0 Å². The molecule has 0 amide bonds. The largest absolute Gasteiger partial charge is 0.495 e. The van der Waals surface area contributed by atoms with Crippen molar-refractivity contribution in [1.82, 2.24) is 4.98 Å².